The summed E-state index contributed by atoms with van der Waals surface area (Å²) in [4.78, 5) is 8.11. The molecule has 0 atom stereocenters. The second kappa shape index (κ2) is 9.86. The predicted octanol–water partition coefficient (Wildman–Crippen LogP) is 5.47. The fraction of sp³-hybridized carbons (Fsp3) is 0. The van der Waals surface area contributed by atoms with E-state index in [2.05, 4.69) is 0 Å². The highest BCUT2D eigenvalue weighted by molar-refractivity contribution is 7.49. The molecule has 0 aliphatic carbocycles. The zero-order chi connectivity index (χ0) is 18.7. The minimum absolute atomic E-state index is 0.405. The molecule has 0 unspecified atom stereocenters. The van der Waals surface area contributed by atoms with Gasteiger partial charge in [-0.1, -0.05) is 54.6 Å². The Morgan fingerprint density at radius 2 is 0.846 bits per heavy atom. The van der Waals surface area contributed by atoms with Crippen molar-refractivity contribution in [3.8, 4) is 17.2 Å². The van der Waals surface area contributed by atoms with Crippen LogP contribution in [0.2, 0.25) is 0 Å². The molecular formula is C18H16NO6P. The first-order valence-corrected chi connectivity index (χ1v) is 8.92. The van der Waals surface area contributed by atoms with Crippen molar-refractivity contribution in [1.29, 1.82) is 0 Å². The molecule has 0 aliphatic heterocycles. The van der Waals surface area contributed by atoms with E-state index in [1.165, 1.54) is 5.34 Å². The van der Waals surface area contributed by atoms with Crippen molar-refractivity contribution in [3.63, 3.8) is 0 Å². The number of rotatable bonds is 6. The summed E-state index contributed by atoms with van der Waals surface area (Å²) >= 11 is 0. The molecule has 8 heteroatoms. The summed E-state index contributed by atoms with van der Waals surface area (Å²) in [5.41, 5.74) is 0. The van der Waals surface area contributed by atoms with Crippen molar-refractivity contribution < 1.29 is 23.3 Å². The van der Waals surface area contributed by atoms with Gasteiger partial charge in [0, 0.05) is 0 Å². The maximum absolute atomic E-state index is 13.1. The average molecular weight is 373 g/mol. The number of nitrogens with zero attached hydrogens (tertiary/aromatic N) is 1. The van der Waals surface area contributed by atoms with E-state index in [-0.39, 0.29) is 0 Å². The van der Waals surface area contributed by atoms with E-state index in [9.17, 15) is 4.57 Å². The van der Waals surface area contributed by atoms with Crippen LogP contribution < -0.4 is 13.6 Å². The van der Waals surface area contributed by atoms with Gasteiger partial charge < -0.3 is 18.8 Å². The summed E-state index contributed by atoms with van der Waals surface area (Å²) in [7, 11) is -3.89. The van der Waals surface area contributed by atoms with Crippen molar-refractivity contribution in [2.75, 3.05) is 0 Å². The van der Waals surface area contributed by atoms with Crippen LogP contribution in [0.25, 0.3) is 0 Å². The molecule has 26 heavy (non-hydrogen) atoms. The number of hydrogen-bond acceptors (Lipinski definition) is 6. The maximum atomic E-state index is 13.1. The van der Waals surface area contributed by atoms with Crippen molar-refractivity contribution in [1.82, 2.24) is 0 Å². The molecule has 1 N–H and O–H groups in total. The fourth-order valence-electron chi connectivity index (χ4n) is 1.89. The molecule has 7 nitrogen and oxygen atoms in total. The van der Waals surface area contributed by atoms with Gasteiger partial charge in [0.05, 0.1) is 0 Å². The summed E-state index contributed by atoms with van der Waals surface area (Å²) in [6, 6.07) is 26.4. The highest BCUT2D eigenvalue weighted by atomic mass is 31.2. The first kappa shape index (κ1) is 19.0. The van der Waals surface area contributed by atoms with Crippen LogP contribution in [-0.2, 0) is 4.57 Å². The standard InChI is InChI=1S/C18H15O4P.HNO2/c19-23(20-16-10-4-1-5-11-16,21-17-12-6-2-7-13-17)22-18-14-8-3-9-15-18;2-1-3/h1-15H;(H,2,3). The quantitative estimate of drug-likeness (QED) is 0.350. The molecule has 3 rings (SSSR count). The molecule has 0 aromatic heterocycles. The van der Waals surface area contributed by atoms with Gasteiger partial charge in [-0.15, -0.1) is 4.91 Å². The third-order valence-electron chi connectivity index (χ3n) is 2.88. The van der Waals surface area contributed by atoms with Crippen molar-refractivity contribution >= 4 is 7.82 Å². The molecule has 0 bridgehead atoms. The Balaban J connectivity index is 0.000000758. The number of phosphoric acid groups is 1. The number of benzene rings is 3. The lowest BCUT2D eigenvalue weighted by molar-refractivity contribution is 0.298. The summed E-state index contributed by atoms with van der Waals surface area (Å²) < 4.78 is 29.6. The zero-order valence-electron chi connectivity index (χ0n) is 13.5. The molecule has 3 aromatic rings. The summed E-state index contributed by atoms with van der Waals surface area (Å²) in [5.74, 6) is 1.22. The Morgan fingerprint density at radius 3 is 1.08 bits per heavy atom. The Morgan fingerprint density at radius 1 is 0.615 bits per heavy atom. The highest BCUT2D eigenvalue weighted by Crippen LogP contribution is 2.49. The van der Waals surface area contributed by atoms with E-state index in [0.717, 1.165) is 0 Å². The van der Waals surface area contributed by atoms with E-state index in [0.29, 0.717) is 17.2 Å². The second-order valence-corrected chi connectivity index (χ2v) is 6.18. The van der Waals surface area contributed by atoms with Crippen LogP contribution in [0, 0.1) is 4.91 Å². The number of phosphoric ester groups is 1. The van der Waals surface area contributed by atoms with E-state index >= 15 is 0 Å². The summed E-state index contributed by atoms with van der Waals surface area (Å²) in [6.45, 7) is 0. The van der Waals surface area contributed by atoms with E-state index < -0.39 is 7.82 Å². The molecule has 0 saturated heterocycles. The van der Waals surface area contributed by atoms with Gasteiger partial charge >= 0.3 is 7.82 Å². The average Bonchev–Trinajstić information content (AvgIpc) is 2.64. The Bertz CT molecular complexity index is 722. The van der Waals surface area contributed by atoms with Crippen LogP contribution in [0.3, 0.4) is 0 Å². The smallest absolute Gasteiger partial charge is 0.386 e. The van der Waals surface area contributed by atoms with E-state index in [1.807, 2.05) is 18.2 Å². The van der Waals surface area contributed by atoms with Gasteiger partial charge in [0.15, 0.2) is 5.34 Å². The summed E-state index contributed by atoms with van der Waals surface area (Å²) in [6.07, 6.45) is 0. The Labute approximate surface area is 150 Å². The van der Waals surface area contributed by atoms with Gasteiger partial charge in [-0.25, -0.2) is 0 Å². The van der Waals surface area contributed by atoms with Crippen molar-refractivity contribution in [2.45, 2.75) is 0 Å². The topological polar surface area (TPSA) is 94.4 Å². The Hall–Kier alpha value is -3.31. The van der Waals surface area contributed by atoms with E-state index in [1.54, 1.807) is 72.8 Å². The molecule has 0 amide bonds. The SMILES string of the molecule is O=NO.O=P(Oc1ccccc1)(Oc1ccccc1)Oc1ccccc1. The van der Waals surface area contributed by atoms with Gasteiger partial charge in [0.2, 0.25) is 0 Å². The molecule has 0 saturated carbocycles. The van der Waals surface area contributed by atoms with Gasteiger partial charge in [-0.05, 0) is 36.4 Å². The third kappa shape index (κ3) is 6.30. The first-order valence-electron chi connectivity index (χ1n) is 7.46. The number of hydrogen-bond donors (Lipinski definition) is 1. The maximum Gasteiger partial charge on any atom is 0.647 e. The normalized spacial score (nSPS) is 10.0. The van der Waals surface area contributed by atoms with Crippen molar-refractivity contribution in [3.05, 3.63) is 95.9 Å². The fourth-order valence-corrected chi connectivity index (χ4v) is 3.14. The second-order valence-electron chi connectivity index (χ2n) is 4.74. The van der Waals surface area contributed by atoms with Crippen LogP contribution in [0.5, 0.6) is 17.2 Å². The monoisotopic (exact) mass is 373 g/mol. The molecule has 0 fully saturated rings. The molecule has 0 spiro atoms. The molecular weight excluding hydrogens is 357 g/mol. The van der Waals surface area contributed by atoms with Gasteiger partial charge in [-0.2, -0.15) is 4.57 Å². The minimum Gasteiger partial charge on any atom is -0.386 e. The van der Waals surface area contributed by atoms with Gasteiger partial charge in [0.1, 0.15) is 17.2 Å². The third-order valence-corrected chi connectivity index (χ3v) is 4.18. The predicted molar refractivity (Wildman–Crippen MR) is 96.4 cm³/mol. The largest absolute Gasteiger partial charge is 0.647 e. The lowest BCUT2D eigenvalue weighted by Gasteiger charge is -2.19. The van der Waals surface area contributed by atoms with E-state index in [4.69, 9.17) is 23.7 Å². The van der Waals surface area contributed by atoms with Gasteiger partial charge in [0.25, 0.3) is 0 Å². The van der Waals surface area contributed by atoms with Crippen LogP contribution in [0.1, 0.15) is 0 Å². The molecule has 0 radical (unpaired) electrons. The molecule has 0 heterocycles. The van der Waals surface area contributed by atoms with Crippen molar-refractivity contribution in [2.24, 2.45) is 5.34 Å². The van der Waals surface area contributed by atoms with Crippen LogP contribution >= 0.6 is 7.82 Å². The lowest BCUT2D eigenvalue weighted by Crippen LogP contribution is -2.07. The minimum atomic E-state index is -3.89. The zero-order valence-corrected chi connectivity index (χ0v) is 14.4. The summed E-state index contributed by atoms with van der Waals surface area (Å²) in [5, 5.41) is 7.89. The van der Waals surface area contributed by atoms with Crippen LogP contribution in [0.4, 0.5) is 0 Å². The van der Waals surface area contributed by atoms with Crippen LogP contribution in [-0.4, -0.2) is 5.21 Å². The molecule has 3 aromatic carbocycles. The number of para-hydroxylation sites is 3. The highest BCUT2D eigenvalue weighted by Gasteiger charge is 2.33. The Kier molecular flexibility index (Phi) is 7.21. The molecule has 0 aliphatic rings. The lowest BCUT2D eigenvalue weighted by atomic mass is 10.3. The first-order chi connectivity index (χ1) is 12.6. The molecule has 134 valence electrons. The van der Waals surface area contributed by atoms with Gasteiger partial charge in [-0.3, -0.25) is 0 Å². The van der Waals surface area contributed by atoms with Crippen LogP contribution in [0.15, 0.2) is 96.3 Å².